The molecule has 1 aromatic rings. The average Bonchev–Trinajstić information content (AvgIpc) is 2.35. The Balaban J connectivity index is 2.83. The number of benzene rings is 1. The lowest BCUT2D eigenvalue weighted by Crippen LogP contribution is -2.33. The second-order valence-corrected chi connectivity index (χ2v) is 6.22. The van der Waals surface area contributed by atoms with Gasteiger partial charge in [-0.2, -0.15) is 0 Å². The number of carboxylic acids is 1. The summed E-state index contributed by atoms with van der Waals surface area (Å²) in [5, 5.41) is 8.64. The predicted octanol–water partition coefficient (Wildman–Crippen LogP) is 3.85. The van der Waals surface area contributed by atoms with E-state index in [0.29, 0.717) is 13.1 Å². The summed E-state index contributed by atoms with van der Waals surface area (Å²) in [4.78, 5) is 12.6. The van der Waals surface area contributed by atoms with E-state index in [1.54, 1.807) is 6.08 Å². The zero-order chi connectivity index (χ0) is 15.1. The Labute approximate surface area is 129 Å². The minimum Gasteiger partial charge on any atom is -0.478 e. The third kappa shape index (κ3) is 6.31. The number of hydrogen-bond donors (Lipinski definition) is 1. The van der Waals surface area contributed by atoms with Crippen molar-refractivity contribution in [2.24, 2.45) is 0 Å². The molecule has 20 heavy (non-hydrogen) atoms. The Morgan fingerprint density at radius 2 is 1.70 bits per heavy atom. The number of nitrogens with zero attached hydrogens (tertiary/aromatic N) is 1. The van der Waals surface area contributed by atoms with Crippen molar-refractivity contribution in [2.45, 2.75) is 24.6 Å². The molecule has 0 fully saturated rings. The summed E-state index contributed by atoms with van der Waals surface area (Å²) in [6.45, 7) is 5.31. The van der Waals surface area contributed by atoms with Crippen LogP contribution in [0.15, 0.2) is 30.3 Å². The van der Waals surface area contributed by atoms with Gasteiger partial charge in [-0.05, 0) is 37.6 Å². The highest BCUT2D eigenvalue weighted by Gasteiger charge is 2.11. The molecule has 5 heteroatoms. The van der Waals surface area contributed by atoms with Gasteiger partial charge < -0.3 is 10.0 Å². The monoisotopic (exact) mass is 315 g/mol. The van der Waals surface area contributed by atoms with Crippen LogP contribution in [0, 0.1) is 0 Å². The molecular weight excluding hydrogens is 297 g/mol. The zero-order valence-electron chi connectivity index (χ0n) is 11.6. The van der Waals surface area contributed by atoms with Crippen LogP contribution in [-0.2, 0) is 4.79 Å². The topological polar surface area (TPSA) is 40.5 Å². The van der Waals surface area contributed by atoms with Crippen LogP contribution in [0.5, 0.6) is 0 Å². The summed E-state index contributed by atoms with van der Waals surface area (Å²) < 4.78 is 0. The number of carboxylic acid groups (broad SMARTS) is 1. The fraction of sp³-hybridized carbons (Fsp3) is 0.400. The van der Waals surface area contributed by atoms with Crippen molar-refractivity contribution >= 4 is 40.9 Å². The first kappa shape index (κ1) is 16.9. The van der Waals surface area contributed by atoms with Crippen molar-refractivity contribution < 1.29 is 9.90 Å². The molecule has 0 amide bonds. The molecule has 0 spiro atoms. The van der Waals surface area contributed by atoms with E-state index in [9.17, 15) is 4.79 Å². The van der Waals surface area contributed by atoms with E-state index in [0.717, 1.165) is 17.3 Å². The van der Waals surface area contributed by atoms with Crippen molar-refractivity contribution in [2.75, 3.05) is 18.0 Å². The molecule has 1 aromatic carbocycles. The lowest BCUT2D eigenvalue weighted by atomic mass is 10.1. The normalized spacial score (nSPS) is 14.2. The average molecular weight is 316 g/mol. The Morgan fingerprint density at radius 1 is 1.20 bits per heavy atom. The summed E-state index contributed by atoms with van der Waals surface area (Å²) in [6.07, 6.45) is 2.68. The number of halogens is 2. The molecule has 3 nitrogen and oxygen atoms in total. The Morgan fingerprint density at radius 3 is 2.10 bits per heavy atom. The van der Waals surface area contributed by atoms with E-state index >= 15 is 0 Å². The summed E-state index contributed by atoms with van der Waals surface area (Å²) >= 11 is 12.1. The van der Waals surface area contributed by atoms with Gasteiger partial charge in [0.15, 0.2) is 0 Å². The quantitative estimate of drug-likeness (QED) is 0.614. The SMILES string of the molecule is CC(Cl)CN(CC(C)Cl)c1ccc(C=CC(=O)O)cc1. The summed E-state index contributed by atoms with van der Waals surface area (Å²) in [7, 11) is 0. The number of hydrogen-bond acceptors (Lipinski definition) is 2. The van der Waals surface area contributed by atoms with Gasteiger partial charge >= 0.3 is 5.97 Å². The van der Waals surface area contributed by atoms with Gasteiger partial charge in [-0.1, -0.05) is 12.1 Å². The maximum Gasteiger partial charge on any atom is 0.328 e. The predicted molar refractivity (Wildman–Crippen MR) is 86.0 cm³/mol. The molecule has 0 aliphatic rings. The van der Waals surface area contributed by atoms with Crippen LogP contribution in [0.2, 0.25) is 0 Å². The molecular formula is C15H19Cl2NO2. The van der Waals surface area contributed by atoms with Crippen molar-refractivity contribution in [3.63, 3.8) is 0 Å². The summed E-state index contributed by atoms with van der Waals surface area (Å²) in [5.74, 6) is -0.956. The van der Waals surface area contributed by atoms with Gasteiger partial charge in [0.2, 0.25) is 0 Å². The van der Waals surface area contributed by atoms with Crippen molar-refractivity contribution in [1.29, 1.82) is 0 Å². The first-order valence-corrected chi connectivity index (χ1v) is 7.30. The van der Waals surface area contributed by atoms with E-state index < -0.39 is 5.97 Å². The summed E-state index contributed by atoms with van der Waals surface area (Å²) in [6, 6.07) is 7.64. The van der Waals surface area contributed by atoms with E-state index in [4.69, 9.17) is 28.3 Å². The van der Waals surface area contributed by atoms with Crippen molar-refractivity contribution in [1.82, 2.24) is 0 Å². The summed E-state index contributed by atoms with van der Waals surface area (Å²) in [5.41, 5.74) is 1.87. The standard InChI is InChI=1S/C15H19Cl2NO2/c1-11(16)9-18(10-12(2)17)14-6-3-13(4-7-14)5-8-15(19)20/h3-8,11-12H,9-10H2,1-2H3,(H,19,20). The highest BCUT2D eigenvalue weighted by molar-refractivity contribution is 6.21. The molecule has 110 valence electrons. The van der Waals surface area contributed by atoms with Gasteiger partial charge in [-0.25, -0.2) is 4.79 Å². The van der Waals surface area contributed by atoms with Crippen molar-refractivity contribution in [3.05, 3.63) is 35.9 Å². The Kier molecular flexibility index (Phi) is 6.89. The van der Waals surface area contributed by atoms with Crippen LogP contribution in [0.3, 0.4) is 0 Å². The van der Waals surface area contributed by atoms with Crippen LogP contribution < -0.4 is 4.90 Å². The van der Waals surface area contributed by atoms with E-state index in [2.05, 4.69) is 4.90 Å². The van der Waals surface area contributed by atoms with Gasteiger partial charge in [0.1, 0.15) is 0 Å². The second kappa shape index (κ2) is 8.18. The molecule has 0 radical (unpaired) electrons. The zero-order valence-corrected chi connectivity index (χ0v) is 13.1. The molecule has 0 saturated carbocycles. The van der Waals surface area contributed by atoms with Gasteiger partial charge in [-0.15, -0.1) is 23.2 Å². The van der Waals surface area contributed by atoms with Crippen LogP contribution in [0.1, 0.15) is 19.4 Å². The highest BCUT2D eigenvalue weighted by Crippen LogP contribution is 2.18. The molecule has 0 aromatic heterocycles. The molecule has 1 rings (SSSR count). The van der Waals surface area contributed by atoms with E-state index in [1.165, 1.54) is 0 Å². The van der Waals surface area contributed by atoms with E-state index in [-0.39, 0.29) is 10.8 Å². The molecule has 0 aliphatic heterocycles. The number of anilines is 1. The minimum absolute atomic E-state index is 0.0250. The molecule has 0 saturated heterocycles. The molecule has 2 atom stereocenters. The maximum atomic E-state index is 10.5. The maximum absolute atomic E-state index is 10.5. The van der Waals surface area contributed by atoms with Crippen molar-refractivity contribution in [3.8, 4) is 0 Å². The third-order valence-corrected chi connectivity index (χ3v) is 2.90. The Bertz CT molecular complexity index is 445. The fourth-order valence-electron chi connectivity index (χ4n) is 1.86. The Hall–Kier alpha value is -1.19. The van der Waals surface area contributed by atoms with Gasteiger partial charge in [-0.3, -0.25) is 0 Å². The first-order valence-electron chi connectivity index (χ1n) is 6.42. The molecule has 2 unspecified atom stereocenters. The second-order valence-electron chi connectivity index (χ2n) is 4.73. The minimum atomic E-state index is -0.956. The number of aliphatic carboxylic acids is 1. The fourth-order valence-corrected chi connectivity index (χ4v) is 2.19. The first-order chi connectivity index (χ1) is 9.38. The third-order valence-electron chi connectivity index (χ3n) is 2.62. The number of rotatable bonds is 7. The van der Waals surface area contributed by atoms with Gasteiger partial charge in [0.25, 0.3) is 0 Å². The highest BCUT2D eigenvalue weighted by atomic mass is 35.5. The number of alkyl halides is 2. The lowest BCUT2D eigenvalue weighted by molar-refractivity contribution is -0.131. The van der Waals surface area contributed by atoms with Gasteiger partial charge in [0, 0.05) is 35.6 Å². The molecule has 0 heterocycles. The largest absolute Gasteiger partial charge is 0.478 e. The van der Waals surface area contributed by atoms with Crippen LogP contribution in [0.4, 0.5) is 5.69 Å². The molecule has 1 N–H and O–H groups in total. The van der Waals surface area contributed by atoms with Crippen LogP contribution >= 0.6 is 23.2 Å². The van der Waals surface area contributed by atoms with E-state index in [1.807, 2.05) is 38.1 Å². The molecule has 0 bridgehead atoms. The van der Waals surface area contributed by atoms with Crippen LogP contribution in [0.25, 0.3) is 6.08 Å². The molecule has 0 aliphatic carbocycles. The van der Waals surface area contributed by atoms with Gasteiger partial charge in [0.05, 0.1) is 0 Å². The smallest absolute Gasteiger partial charge is 0.328 e. The lowest BCUT2D eigenvalue weighted by Gasteiger charge is -2.27. The number of carbonyl (C=O) groups is 1. The van der Waals surface area contributed by atoms with Crippen LogP contribution in [-0.4, -0.2) is 34.9 Å².